The van der Waals surface area contributed by atoms with Crippen LogP contribution < -0.4 is 11.5 Å². The maximum absolute atomic E-state index is 7.23. The van der Waals surface area contributed by atoms with Crippen molar-refractivity contribution in [2.75, 3.05) is 0 Å². The van der Waals surface area contributed by atoms with E-state index >= 15 is 0 Å². The van der Waals surface area contributed by atoms with E-state index < -0.39 is 0 Å². The maximum Gasteiger partial charge on any atom is 0.108 e. The summed E-state index contributed by atoms with van der Waals surface area (Å²) >= 11 is 0. The van der Waals surface area contributed by atoms with Gasteiger partial charge < -0.3 is 20.6 Å². The first-order chi connectivity index (χ1) is 43.0. The highest BCUT2D eigenvalue weighted by molar-refractivity contribution is 6.15. The monoisotopic (exact) mass is 1130 g/mol. The van der Waals surface area contributed by atoms with Crippen LogP contribution in [0, 0.1) is 0 Å². The van der Waals surface area contributed by atoms with E-state index in [1.54, 1.807) is 0 Å². The molecule has 0 saturated carbocycles. The first-order valence-electron chi connectivity index (χ1n) is 30.6. The number of hydrogen-bond acceptors (Lipinski definition) is 2. The van der Waals surface area contributed by atoms with Crippen molar-refractivity contribution in [1.82, 2.24) is 18.3 Å². The molecule has 88 heavy (non-hydrogen) atoms. The number of para-hydroxylation sites is 4. The molecule has 4 aromatic heterocycles. The lowest BCUT2D eigenvalue weighted by molar-refractivity contribution is 0.660. The second-order valence-corrected chi connectivity index (χ2v) is 25.3. The van der Waals surface area contributed by atoms with Crippen molar-refractivity contribution in [1.29, 1.82) is 0 Å². The quantitative estimate of drug-likeness (QED) is 0.156. The van der Waals surface area contributed by atoms with E-state index in [-0.39, 0.29) is 10.8 Å². The molecule has 0 bridgehead atoms. The molecule has 0 radical (unpaired) electrons. The molecule has 418 valence electrons. The molecule has 0 fully saturated rings. The Labute approximate surface area is 509 Å². The van der Waals surface area contributed by atoms with E-state index in [2.05, 4.69) is 301 Å². The average molecular weight is 1130 g/mol. The van der Waals surface area contributed by atoms with Gasteiger partial charge >= 0.3 is 0 Å². The predicted octanol–water partition coefficient (Wildman–Crippen LogP) is 20.3. The van der Waals surface area contributed by atoms with Gasteiger partial charge in [0, 0.05) is 65.3 Å². The largest absolute Gasteiger partial charge is 0.385 e. The molecule has 12 aromatic carbocycles. The molecule has 6 nitrogen and oxygen atoms in total. The molecule has 0 saturated heterocycles. The predicted molar refractivity (Wildman–Crippen MR) is 370 cm³/mol. The SMILES string of the molecule is CC1(C)c2ccccc2-c2ccc(-n3c4ccccc4c4cc(-c5ccc6c(c5)c5ccccc5n6/C(N)=C/C=C(\N)n5c6ccccc6c6cc(-c7ccc8c(c7)c7ccccc7n8-c7ccc8c(c7)C(C)(C)c7ccccc7-8)ccc65)ccc43)cc21. The Morgan fingerprint density at radius 2 is 0.557 bits per heavy atom. The molecule has 18 rings (SSSR count). The van der Waals surface area contributed by atoms with Crippen molar-refractivity contribution in [3.63, 3.8) is 0 Å². The standard InChI is InChI=1S/C82H60N6/c1-81(2)67-23-11-5-17-55(67)57-35-33-53(47-69(57)81)85-71-25-13-7-19-59(71)63-43-49(29-37-75(63)85)51-31-39-77-65(45-51)61-21-9-15-27-73(61)87(77)79(83)41-42-80(84)88-74-28-16-10-22-62(74)66-46-52(32-40-78(66)88)50-30-38-76-64(44-50)60-20-8-14-26-72(60)86(76)54-34-36-58-56-18-6-12-24-68(56)82(3,4)70(58)48-54/h5-48H,83-84H2,1-4H3/b79-41+,80-42+. The Bertz CT molecular complexity index is 5430. The van der Waals surface area contributed by atoms with Gasteiger partial charge in [-0.1, -0.05) is 185 Å². The van der Waals surface area contributed by atoms with Crippen LogP contribution in [-0.4, -0.2) is 18.3 Å². The fourth-order valence-electron chi connectivity index (χ4n) is 15.7. The van der Waals surface area contributed by atoms with Crippen LogP contribution in [0.3, 0.4) is 0 Å². The first kappa shape index (κ1) is 50.3. The second kappa shape index (κ2) is 18.2. The second-order valence-electron chi connectivity index (χ2n) is 25.3. The van der Waals surface area contributed by atoms with E-state index in [4.69, 9.17) is 11.5 Å². The zero-order valence-corrected chi connectivity index (χ0v) is 49.3. The van der Waals surface area contributed by atoms with Gasteiger partial charge in [0.05, 0.1) is 44.1 Å². The van der Waals surface area contributed by atoms with Gasteiger partial charge in [0.2, 0.25) is 0 Å². The molecule has 4 N–H and O–H groups in total. The van der Waals surface area contributed by atoms with E-state index in [1.165, 1.54) is 99.5 Å². The van der Waals surface area contributed by atoms with Crippen LogP contribution in [0.4, 0.5) is 0 Å². The molecular weight excluding hydrogens is 1070 g/mol. The molecule has 6 heteroatoms. The lowest BCUT2D eigenvalue weighted by Crippen LogP contribution is -2.15. The number of benzene rings is 12. The van der Waals surface area contributed by atoms with Gasteiger partial charge in [-0.25, -0.2) is 0 Å². The summed E-state index contributed by atoms with van der Waals surface area (Å²) in [6, 6.07) is 93.9. The zero-order chi connectivity index (χ0) is 58.9. The van der Waals surface area contributed by atoms with Crippen molar-refractivity contribution in [3.8, 4) is 55.9 Å². The molecule has 0 spiro atoms. The number of allylic oxidation sites excluding steroid dienone is 2. The number of nitrogens with zero attached hydrogens (tertiary/aromatic N) is 4. The van der Waals surface area contributed by atoms with Gasteiger partial charge in [-0.3, -0.25) is 9.13 Å². The van der Waals surface area contributed by atoms with Crippen LogP contribution in [-0.2, 0) is 10.8 Å². The summed E-state index contributed by atoms with van der Waals surface area (Å²) in [5.41, 5.74) is 40.9. The number of aromatic nitrogens is 4. The molecule has 4 heterocycles. The first-order valence-corrected chi connectivity index (χ1v) is 30.6. The Hall–Kier alpha value is -11.1. The third kappa shape index (κ3) is 6.99. The van der Waals surface area contributed by atoms with E-state index in [0.29, 0.717) is 11.6 Å². The van der Waals surface area contributed by atoms with Gasteiger partial charge in [0.1, 0.15) is 11.6 Å². The highest BCUT2D eigenvalue weighted by Gasteiger charge is 2.37. The third-order valence-electron chi connectivity index (χ3n) is 19.9. The number of fused-ring (bicyclic) bond motifs is 18. The molecule has 2 aliphatic rings. The van der Waals surface area contributed by atoms with Crippen LogP contribution in [0.2, 0.25) is 0 Å². The maximum atomic E-state index is 7.23. The minimum Gasteiger partial charge on any atom is -0.385 e. The minimum atomic E-state index is -0.0947. The molecule has 16 aromatic rings. The van der Waals surface area contributed by atoms with E-state index in [9.17, 15) is 0 Å². The normalized spacial score (nSPS) is 14.3. The number of hydrogen-bond donors (Lipinski definition) is 2. The average Bonchev–Trinajstić information content (AvgIpc) is 1.67. The summed E-state index contributed by atoms with van der Waals surface area (Å²) in [5.74, 6) is 1.14. The van der Waals surface area contributed by atoms with E-state index in [1.807, 2.05) is 12.2 Å². The highest BCUT2D eigenvalue weighted by atomic mass is 15.1. The lowest BCUT2D eigenvalue weighted by Gasteiger charge is -2.22. The Morgan fingerprint density at radius 1 is 0.273 bits per heavy atom. The van der Waals surface area contributed by atoms with Crippen LogP contribution in [0.5, 0.6) is 0 Å². The van der Waals surface area contributed by atoms with Crippen LogP contribution in [0.15, 0.2) is 267 Å². The van der Waals surface area contributed by atoms with Crippen LogP contribution in [0.25, 0.3) is 155 Å². The lowest BCUT2D eigenvalue weighted by atomic mass is 9.82. The minimum absolute atomic E-state index is 0.0947. The van der Waals surface area contributed by atoms with Crippen molar-refractivity contribution >= 4 is 98.9 Å². The summed E-state index contributed by atoms with van der Waals surface area (Å²) in [5, 5.41) is 9.42. The molecular formula is C82H60N6. The molecule has 2 aliphatic carbocycles. The molecule has 0 aliphatic heterocycles. The number of rotatable bonds is 7. The Kier molecular flexibility index (Phi) is 10.4. The summed E-state index contributed by atoms with van der Waals surface area (Å²) in [4.78, 5) is 0. The molecule has 0 atom stereocenters. The van der Waals surface area contributed by atoms with Gasteiger partial charge in [-0.2, -0.15) is 0 Å². The van der Waals surface area contributed by atoms with Gasteiger partial charge in [0.15, 0.2) is 0 Å². The summed E-state index contributed by atoms with van der Waals surface area (Å²) < 4.78 is 9.19. The van der Waals surface area contributed by atoms with Crippen LogP contribution >= 0.6 is 0 Å². The fraction of sp³-hybridized carbons (Fsp3) is 0.0732. The molecule has 0 unspecified atom stereocenters. The smallest absolute Gasteiger partial charge is 0.108 e. The Balaban J connectivity index is 0.686. The fourth-order valence-corrected chi connectivity index (χ4v) is 15.7. The van der Waals surface area contributed by atoms with Gasteiger partial charge in [-0.15, -0.1) is 0 Å². The van der Waals surface area contributed by atoms with Crippen molar-refractivity contribution in [2.45, 2.75) is 38.5 Å². The topological polar surface area (TPSA) is 71.8 Å². The van der Waals surface area contributed by atoms with Crippen molar-refractivity contribution < 1.29 is 0 Å². The van der Waals surface area contributed by atoms with E-state index in [0.717, 1.165) is 65.9 Å². The van der Waals surface area contributed by atoms with Crippen molar-refractivity contribution in [3.05, 3.63) is 289 Å². The summed E-state index contributed by atoms with van der Waals surface area (Å²) in [6.07, 6.45) is 3.89. The molecule has 0 amide bonds. The van der Waals surface area contributed by atoms with Gasteiger partial charge in [0.25, 0.3) is 0 Å². The van der Waals surface area contributed by atoms with Crippen LogP contribution in [0.1, 0.15) is 49.9 Å². The Morgan fingerprint density at radius 3 is 0.955 bits per heavy atom. The van der Waals surface area contributed by atoms with Crippen molar-refractivity contribution in [2.24, 2.45) is 11.5 Å². The van der Waals surface area contributed by atoms with Gasteiger partial charge in [-0.05, 0) is 176 Å². The highest BCUT2D eigenvalue weighted by Crippen LogP contribution is 2.52. The summed E-state index contributed by atoms with van der Waals surface area (Å²) in [7, 11) is 0. The third-order valence-corrected chi connectivity index (χ3v) is 19.9. The number of nitrogens with two attached hydrogens (primary N) is 2. The zero-order valence-electron chi connectivity index (χ0n) is 49.3. The summed E-state index contributed by atoms with van der Waals surface area (Å²) in [6.45, 7) is 9.41.